The van der Waals surface area contributed by atoms with Crippen LogP contribution >= 0.6 is 0 Å². The molecule has 3 aliphatic heterocycles. The number of aliphatic hydroxyl groups is 1. The Kier molecular flexibility index (Phi) is 3.51. The molecule has 1 unspecified atom stereocenters. The summed E-state index contributed by atoms with van der Waals surface area (Å²) >= 11 is 0. The van der Waals surface area contributed by atoms with Gasteiger partial charge in [0, 0.05) is 0 Å². The summed E-state index contributed by atoms with van der Waals surface area (Å²) < 4.78 is 0. The molecule has 3 aliphatic rings. The molecule has 0 aromatic heterocycles. The Bertz CT molecular complexity index is 630. The zero-order valence-electron chi connectivity index (χ0n) is 12.9. The van der Waals surface area contributed by atoms with Gasteiger partial charge in [-0.25, -0.2) is 0 Å². The van der Waals surface area contributed by atoms with Crippen molar-refractivity contribution in [3.63, 3.8) is 0 Å². The van der Waals surface area contributed by atoms with E-state index in [0.717, 1.165) is 11.1 Å². The highest BCUT2D eigenvalue weighted by Gasteiger charge is 2.40. The van der Waals surface area contributed by atoms with Gasteiger partial charge in [0.1, 0.15) is 6.10 Å². The van der Waals surface area contributed by atoms with Gasteiger partial charge in [-0.15, -0.1) is 0 Å². The zero-order chi connectivity index (χ0) is 15.0. The molecule has 2 heteroatoms. The second-order valence-corrected chi connectivity index (χ2v) is 6.81. The molecule has 3 saturated heterocycles. The molecule has 2 bridgehead atoms. The zero-order valence-corrected chi connectivity index (χ0v) is 12.9. The van der Waals surface area contributed by atoms with E-state index in [0.29, 0.717) is 5.41 Å². The lowest BCUT2D eigenvalue weighted by Gasteiger charge is -2.49. The van der Waals surface area contributed by atoms with Gasteiger partial charge in [-0.05, 0) is 61.0 Å². The van der Waals surface area contributed by atoms with Crippen LogP contribution in [-0.2, 0) is 5.41 Å². The molecule has 3 heterocycles. The molecule has 3 fully saturated rings. The molecule has 5 rings (SSSR count). The fourth-order valence-corrected chi connectivity index (χ4v) is 4.13. The minimum atomic E-state index is -0.527. The predicted molar refractivity (Wildman–Crippen MR) is 88.9 cm³/mol. The van der Waals surface area contributed by atoms with Gasteiger partial charge in [0.25, 0.3) is 0 Å². The summed E-state index contributed by atoms with van der Waals surface area (Å²) in [5.41, 5.74) is 3.77. The summed E-state index contributed by atoms with van der Waals surface area (Å²) in [4.78, 5) is 2.57. The fourth-order valence-electron chi connectivity index (χ4n) is 4.13. The molecule has 0 radical (unpaired) electrons. The van der Waals surface area contributed by atoms with Crippen molar-refractivity contribution < 1.29 is 5.11 Å². The lowest BCUT2D eigenvalue weighted by Crippen LogP contribution is -2.50. The highest BCUT2D eigenvalue weighted by Crippen LogP contribution is 2.43. The highest BCUT2D eigenvalue weighted by molar-refractivity contribution is 5.36. The Morgan fingerprint density at radius 3 is 2.14 bits per heavy atom. The molecule has 0 saturated carbocycles. The van der Waals surface area contributed by atoms with E-state index < -0.39 is 6.10 Å². The van der Waals surface area contributed by atoms with Crippen LogP contribution in [0.3, 0.4) is 0 Å². The van der Waals surface area contributed by atoms with E-state index in [1.807, 2.05) is 30.3 Å². The van der Waals surface area contributed by atoms with Crippen LogP contribution in [0, 0.1) is 0 Å². The van der Waals surface area contributed by atoms with E-state index in [1.54, 1.807) is 0 Å². The van der Waals surface area contributed by atoms with Crippen LogP contribution in [0.5, 0.6) is 0 Å². The van der Waals surface area contributed by atoms with E-state index >= 15 is 0 Å². The monoisotopic (exact) mass is 293 g/mol. The third kappa shape index (κ3) is 2.37. The molecule has 1 N–H and O–H groups in total. The van der Waals surface area contributed by atoms with Gasteiger partial charge in [-0.2, -0.15) is 0 Å². The maximum Gasteiger partial charge on any atom is 0.104 e. The van der Waals surface area contributed by atoms with Crippen LogP contribution in [0.1, 0.15) is 42.1 Å². The van der Waals surface area contributed by atoms with Crippen LogP contribution in [-0.4, -0.2) is 29.6 Å². The summed E-state index contributed by atoms with van der Waals surface area (Å²) in [5.74, 6) is 0. The first-order valence-electron chi connectivity index (χ1n) is 8.33. The van der Waals surface area contributed by atoms with Gasteiger partial charge in [0.05, 0.1) is 0 Å². The number of hydrogen-bond donors (Lipinski definition) is 1. The van der Waals surface area contributed by atoms with Crippen molar-refractivity contribution in [2.24, 2.45) is 0 Å². The van der Waals surface area contributed by atoms with Crippen LogP contribution in [0.25, 0.3) is 0 Å². The van der Waals surface area contributed by atoms with Crippen LogP contribution in [0.2, 0.25) is 0 Å². The van der Waals surface area contributed by atoms with E-state index in [-0.39, 0.29) is 0 Å². The molecule has 2 nitrogen and oxygen atoms in total. The number of rotatable bonds is 3. The Morgan fingerprint density at radius 2 is 1.45 bits per heavy atom. The first-order chi connectivity index (χ1) is 10.8. The maximum absolute atomic E-state index is 10.7. The Hall–Kier alpha value is -1.64. The lowest BCUT2D eigenvalue weighted by molar-refractivity contribution is 0.0816. The third-order valence-electron chi connectivity index (χ3n) is 5.65. The Balaban J connectivity index is 1.66. The number of aliphatic hydroxyl groups excluding tert-OH is 1. The second kappa shape index (κ2) is 5.53. The second-order valence-electron chi connectivity index (χ2n) is 6.81. The number of piperidine rings is 3. The van der Waals surface area contributed by atoms with E-state index in [2.05, 4.69) is 29.2 Å². The van der Waals surface area contributed by atoms with Crippen LogP contribution in [0.4, 0.5) is 0 Å². The maximum atomic E-state index is 10.7. The van der Waals surface area contributed by atoms with E-state index in [9.17, 15) is 5.11 Å². The van der Waals surface area contributed by atoms with Crippen molar-refractivity contribution >= 4 is 0 Å². The first-order valence-corrected chi connectivity index (χ1v) is 8.33. The quantitative estimate of drug-likeness (QED) is 0.936. The van der Waals surface area contributed by atoms with Crippen molar-refractivity contribution in [3.05, 3.63) is 71.3 Å². The van der Waals surface area contributed by atoms with Crippen LogP contribution < -0.4 is 0 Å². The molecule has 2 aromatic carbocycles. The summed E-state index contributed by atoms with van der Waals surface area (Å²) in [5, 5.41) is 10.7. The summed E-state index contributed by atoms with van der Waals surface area (Å²) in [6, 6.07) is 18.6. The van der Waals surface area contributed by atoms with Crippen molar-refractivity contribution in [2.45, 2.75) is 30.8 Å². The average molecular weight is 293 g/mol. The fraction of sp³-hybridized carbons (Fsp3) is 0.400. The van der Waals surface area contributed by atoms with Crippen molar-refractivity contribution in [2.75, 3.05) is 19.6 Å². The average Bonchev–Trinajstić information content (AvgIpc) is 2.63. The van der Waals surface area contributed by atoms with E-state index in [1.165, 1.54) is 44.5 Å². The molecule has 2 aromatic rings. The third-order valence-corrected chi connectivity index (χ3v) is 5.65. The summed E-state index contributed by atoms with van der Waals surface area (Å²) in [7, 11) is 0. The molecule has 1 atom stereocenters. The van der Waals surface area contributed by atoms with Gasteiger partial charge >= 0.3 is 0 Å². The summed E-state index contributed by atoms with van der Waals surface area (Å²) in [6.45, 7) is 3.68. The van der Waals surface area contributed by atoms with Gasteiger partial charge in [0.2, 0.25) is 0 Å². The van der Waals surface area contributed by atoms with Crippen molar-refractivity contribution in [1.82, 2.24) is 4.90 Å². The molecule has 22 heavy (non-hydrogen) atoms. The molecule has 0 amide bonds. The van der Waals surface area contributed by atoms with Gasteiger partial charge in [-0.3, -0.25) is 0 Å². The number of nitrogens with zero attached hydrogens (tertiary/aromatic N) is 1. The van der Waals surface area contributed by atoms with Crippen molar-refractivity contribution in [3.8, 4) is 0 Å². The first kappa shape index (κ1) is 14.0. The lowest BCUT2D eigenvalue weighted by atomic mass is 9.67. The summed E-state index contributed by atoms with van der Waals surface area (Å²) in [6.07, 6.45) is 3.26. The van der Waals surface area contributed by atoms with Gasteiger partial charge in [-0.1, -0.05) is 54.6 Å². The number of fused-ring (bicyclic) bond motifs is 3. The van der Waals surface area contributed by atoms with Crippen molar-refractivity contribution in [1.29, 1.82) is 0 Å². The normalized spacial score (nSPS) is 28.5. The van der Waals surface area contributed by atoms with E-state index in [4.69, 9.17) is 0 Å². The smallest absolute Gasteiger partial charge is 0.104 e. The minimum Gasteiger partial charge on any atom is -0.384 e. The Morgan fingerprint density at radius 1 is 0.818 bits per heavy atom. The SMILES string of the molecule is OC(c1ccccc1)c1cccc(C23CCN(CC2)CC3)c1. The van der Waals surface area contributed by atoms with Crippen LogP contribution in [0.15, 0.2) is 54.6 Å². The topological polar surface area (TPSA) is 23.5 Å². The largest absolute Gasteiger partial charge is 0.384 e. The molecule has 0 spiro atoms. The Labute approximate surface area is 132 Å². The predicted octanol–water partition coefficient (Wildman–Crippen LogP) is 3.51. The minimum absolute atomic E-state index is 0.348. The van der Waals surface area contributed by atoms with Gasteiger partial charge in [0.15, 0.2) is 0 Å². The molecule has 114 valence electrons. The standard InChI is InChI=1S/C20H23NO/c22-19(16-5-2-1-3-6-16)17-7-4-8-18(15-17)20-9-12-21(13-10-20)14-11-20/h1-8,15,19,22H,9-14H2. The molecular weight excluding hydrogens is 270 g/mol. The van der Waals surface area contributed by atoms with Gasteiger partial charge < -0.3 is 10.0 Å². The molecular formula is C20H23NO. The number of benzene rings is 2. The highest BCUT2D eigenvalue weighted by atomic mass is 16.3. The molecule has 0 aliphatic carbocycles. The number of hydrogen-bond acceptors (Lipinski definition) is 2.